The van der Waals surface area contributed by atoms with E-state index in [1.807, 2.05) is 0 Å². The van der Waals surface area contributed by atoms with E-state index in [-0.39, 0.29) is 23.7 Å². The van der Waals surface area contributed by atoms with Gasteiger partial charge in [-0.25, -0.2) is 8.42 Å². The van der Waals surface area contributed by atoms with Gasteiger partial charge >= 0.3 is 0 Å². The highest BCUT2D eigenvalue weighted by Gasteiger charge is 2.56. The minimum absolute atomic E-state index is 0.0411. The molecule has 3 N–H and O–H groups in total. The van der Waals surface area contributed by atoms with Crippen LogP contribution in [0.25, 0.3) is 0 Å². The predicted molar refractivity (Wildman–Crippen MR) is 201 cm³/mol. The first-order valence-corrected chi connectivity index (χ1v) is 21.0. The summed E-state index contributed by atoms with van der Waals surface area (Å²) in [6, 6.07) is 11.1. The summed E-state index contributed by atoms with van der Waals surface area (Å²) in [6.45, 7) is 18.2. The second-order valence-electron chi connectivity index (χ2n) is 19.1. The molecule has 9 heteroatoms. The van der Waals surface area contributed by atoms with Crippen LogP contribution in [0.15, 0.2) is 36.5 Å². The van der Waals surface area contributed by atoms with E-state index in [0.717, 1.165) is 38.0 Å². The molecular weight excluding hydrogens is 643 g/mol. The molecule has 5 fully saturated rings. The maximum absolute atomic E-state index is 14.0. The Balaban J connectivity index is 1.14. The summed E-state index contributed by atoms with van der Waals surface area (Å²) in [5.74, 6) is 0.942. The van der Waals surface area contributed by atoms with Crippen LogP contribution in [0.3, 0.4) is 0 Å². The number of ether oxygens (including phenoxy) is 1. The lowest BCUT2D eigenvalue weighted by atomic mass is 9.43. The van der Waals surface area contributed by atoms with E-state index < -0.39 is 21.6 Å². The molecule has 1 spiro atoms. The van der Waals surface area contributed by atoms with Crippen molar-refractivity contribution in [1.29, 1.82) is 0 Å². The molecule has 1 aromatic heterocycles. The van der Waals surface area contributed by atoms with Crippen molar-refractivity contribution in [3.05, 3.63) is 64.5 Å². The molecule has 0 radical (unpaired) electrons. The van der Waals surface area contributed by atoms with Gasteiger partial charge in [-0.2, -0.15) is 4.72 Å². The smallest absolute Gasteiger partial charge is 0.216 e. The average molecular weight is 706 g/mol. The Kier molecular flexibility index (Phi) is 10.1. The van der Waals surface area contributed by atoms with Gasteiger partial charge in [0.1, 0.15) is 12.5 Å². The minimum atomic E-state index is -3.57. The number of aryl methyl sites for hydroxylation is 2. The molecule has 2 aliphatic heterocycles. The number of aromatic nitrogens is 1. The van der Waals surface area contributed by atoms with Gasteiger partial charge in [0.25, 0.3) is 0 Å². The average Bonchev–Trinajstić information content (AvgIpc) is 3.00. The highest BCUT2D eigenvalue weighted by Crippen LogP contribution is 2.68. The van der Waals surface area contributed by atoms with Gasteiger partial charge < -0.3 is 4.74 Å². The number of hydrogen-bond acceptors (Lipinski definition) is 7. The second-order valence-corrected chi connectivity index (χ2v) is 21.0. The number of benzene rings is 1. The van der Waals surface area contributed by atoms with Gasteiger partial charge in [0.15, 0.2) is 0 Å². The van der Waals surface area contributed by atoms with Crippen molar-refractivity contribution in [1.82, 2.24) is 25.2 Å². The number of sulfonamides is 1. The molecule has 2 saturated heterocycles. The lowest BCUT2D eigenvalue weighted by molar-refractivity contribution is -0.0886. The topological polar surface area (TPSA) is 95.6 Å². The standard InChI is InChI=1S/C41H63N5O3S/c1-27-10-8-11-28(2)37(27)35-17-36-44-38(43-35)45-50(47,48)34-13-9-12-29(16-34)22-46(33(24-49-36)20-39(3,4)5)23-32-15-14-30(21-42-32)31-18-41(19-31)25-40(6,7)26-41/h8,10-11,14-15,21,29,31,33-36,38,43-45H,9,12-13,16-20,22-26H2,1-7H3/t29?,33-,34?,35?,36?,38?/m1/s1. The fourth-order valence-corrected chi connectivity index (χ4v) is 12.5. The van der Waals surface area contributed by atoms with Crippen molar-refractivity contribution < 1.29 is 13.2 Å². The summed E-state index contributed by atoms with van der Waals surface area (Å²) in [5.41, 5.74) is 7.33. The van der Waals surface area contributed by atoms with Gasteiger partial charge in [-0.1, -0.05) is 65.3 Å². The van der Waals surface area contributed by atoms with Crippen molar-refractivity contribution in [3.8, 4) is 0 Å². The Labute approximate surface area is 302 Å². The molecule has 2 aromatic rings. The van der Waals surface area contributed by atoms with E-state index in [2.05, 4.69) is 105 Å². The number of pyridine rings is 1. The lowest BCUT2D eigenvalue weighted by Crippen LogP contribution is -2.64. The van der Waals surface area contributed by atoms with Crippen LogP contribution in [0.4, 0.5) is 0 Å². The fraction of sp³-hybridized carbons (Fsp3) is 0.732. The van der Waals surface area contributed by atoms with Gasteiger partial charge in [0.2, 0.25) is 10.0 Å². The molecule has 3 saturated carbocycles. The van der Waals surface area contributed by atoms with Gasteiger partial charge in [0.05, 0.1) is 17.6 Å². The molecule has 7 rings (SSSR count). The highest BCUT2D eigenvalue weighted by molar-refractivity contribution is 7.90. The first kappa shape index (κ1) is 36.5. The SMILES string of the molecule is Cc1cccc(C)c1C1CC2NC(N1)NS(=O)(=O)C1CCCC(C1)CN(Cc1ccc(C3CC4(C3)CC(C)(C)C4)cn1)[C@H](CC(C)(C)C)CO2. The summed E-state index contributed by atoms with van der Waals surface area (Å²) < 4.78 is 37.8. The van der Waals surface area contributed by atoms with Crippen LogP contribution in [-0.2, 0) is 21.3 Å². The van der Waals surface area contributed by atoms with E-state index in [1.54, 1.807) is 0 Å². The van der Waals surface area contributed by atoms with Gasteiger partial charge in [-0.15, -0.1) is 0 Å². The zero-order chi connectivity index (χ0) is 35.5. The number of rotatable bonds is 5. The van der Waals surface area contributed by atoms with Crippen molar-refractivity contribution in [2.24, 2.45) is 22.2 Å². The van der Waals surface area contributed by atoms with Crippen LogP contribution in [-0.4, -0.2) is 55.3 Å². The van der Waals surface area contributed by atoms with E-state index in [0.29, 0.717) is 48.5 Å². The molecule has 3 aliphatic carbocycles. The Bertz CT molecular complexity index is 1580. The summed E-state index contributed by atoms with van der Waals surface area (Å²) in [4.78, 5) is 7.67. The van der Waals surface area contributed by atoms with Crippen LogP contribution in [0, 0.1) is 36.0 Å². The molecule has 5 unspecified atom stereocenters. The number of hydrogen-bond donors (Lipinski definition) is 3. The first-order valence-electron chi connectivity index (χ1n) is 19.5. The van der Waals surface area contributed by atoms with Gasteiger partial charge in [-0.05, 0) is 122 Å². The van der Waals surface area contributed by atoms with Crippen molar-refractivity contribution in [2.75, 3.05) is 13.2 Å². The highest BCUT2D eigenvalue weighted by atomic mass is 32.2. The lowest BCUT2D eigenvalue weighted by Gasteiger charge is -2.62. The third-order valence-electron chi connectivity index (χ3n) is 12.6. The summed E-state index contributed by atoms with van der Waals surface area (Å²) in [5, 5.41) is 6.70. The maximum atomic E-state index is 14.0. The second kappa shape index (κ2) is 13.8. The molecular formula is C41H63N5O3S. The Hall–Kier alpha value is -1.88. The van der Waals surface area contributed by atoms with E-state index >= 15 is 0 Å². The number of nitrogens with zero attached hydrogens (tertiary/aromatic N) is 2. The molecule has 3 heterocycles. The normalized spacial score (nSPS) is 32.9. The number of nitrogens with one attached hydrogen (secondary N) is 3. The van der Waals surface area contributed by atoms with Crippen LogP contribution in [0.1, 0.15) is 139 Å². The van der Waals surface area contributed by atoms with Crippen LogP contribution < -0.4 is 15.4 Å². The van der Waals surface area contributed by atoms with Crippen molar-refractivity contribution in [2.45, 2.75) is 155 Å². The predicted octanol–water partition coefficient (Wildman–Crippen LogP) is 7.43. The van der Waals surface area contributed by atoms with Crippen molar-refractivity contribution >= 4 is 10.0 Å². The Morgan fingerprint density at radius 2 is 1.74 bits per heavy atom. The maximum Gasteiger partial charge on any atom is 0.216 e. The minimum Gasteiger partial charge on any atom is -0.362 e. The largest absolute Gasteiger partial charge is 0.362 e. The number of fused-ring (bicyclic) bond motifs is 4. The Morgan fingerprint density at radius 3 is 2.40 bits per heavy atom. The zero-order valence-electron chi connectivity index (χ0n) is 31.7. The first-order chi connectivity index (χ1) is 23.6. The monoisotopic (exact) mass is 705 g/mol. The van der Waals surface area contributed by atoms with Crippen molar-refractivity contribution in [3.63, 3.8) is 0 Å². The zero-order valence-corrected chi connectivity index (χ0v) is 32.5. The quantitative estimate of drug-likeness (QED) is 0.298. The van der Waals surface area contributed by atoms with Crippen LogP contribution in [0.2, 0.25) is 0 Å². The van der Waals surface area contributed by atoms with Gasteiger partial charge in [-0.3, -0.25) is 20.5 Å². The molecule has 1 aromatic carbocycles. The Morgan fingerprint density at radius 1 is 1.00 bits per heavy atom. The van der Waals surface area contributed by atoms with Crippen LogP contribution >= 0.6 is 0 Å². The van der Waals surface area contributed by atoms with Gasteiger partial charge in [0, 0.05) is 37.8 Å². The summed E-state index contributed by atoms with van der Waals surface area (Å²) in [6.07, 6.45) is 11.6. The molecule has 0 amide bonds. The summed E-state index contributed by atoms with van der Waals surface area (Å²) in [7, 11) is -3.57. The molecule has 8 nitrogen and oxygen atoms in total. The molecule has 276 valence electrons. The van der Waals surface area contributed by atoms with Crippen LogP contribution in [0.5, 0.6) is 0 Å². The van der Waals surface area contributed by atoms with E-state index in [1.165, 1.54) is 47.9 Å². The fourth-order valence-electron chi connectivity index (χ4n) is 10.9. The molecule has 5 aliphatic rings. The molecule has 6 atom stereocenters. The third-order valence-corrected chi connectivity index (χ3v) is 14.5. The summed E-state index contributed by atoms with van der Waals surface area (Å²) >= 11 is 0. The van der Waals surface area contributed by atoms with E-state index in [9.17, 15) is 8.42 Å². The molecule has 4 bridgehead atoms. The van der Waals surface area contributed by atoms with E-state index in [4.69, 9.17) is 9.72 Å². The third kappa shape index (κ3) is 8.18. The molecule has 50 heavy (non-hydrogen) atoms.